The molecule has 0 saturated heterocycles. The third-order valence-corrected chi connectivity index (χ3v) is 4.31. The lowest BCUT2D eigenvalue weighted by molar-refractivity contribution is -0.115. The van der Waals surface area contributed by atoms with E-state index in [1.165, 1.54) is 14.2 Å². The zero-order valence-corrected chi connectivity index (χ0v) is 13.8. The van der Waals surface area contributed by atoms with Crippen LogP contribution in [0.15, 0.2) is 18.2 Å². The highest BCUT2D eigenvalue weighted by molar-refractivity contribution is 7.89. The van der Waals surface area contributed by atoms with E-state index in [2.05, 4.69) is 10.0 Å². The normalized spacial score (nSPS) is 11.0. The van der Waals surface area contributed by atoms with Gasteiger partial charge in [-0.15, -0.1) is 0 Å². The second kappa shape index (κ2) is 8.60. The van der Waals surface area contributed by atoms with Crippen molar-refractivity contribution in [3.8, 4) is 11.5 Å². The Morgan fingerprint density at radius 2 is 1.95 bits per heavy atom. The number of hydrogen-bond acceptors (Lipinski definition) is 5. The number of hydrogen-bond donors (Lipinski definition) is 2. The van der Waals surface area contributed by atoms with Crippen molar-refractivity contribution in [3.05, 3.63) is 18.2 Å². The Morgan fingerprint density at radius 1 is 1.23 bits per heavy atom. The molecule has 1 amide bonds. The third-order valence-electron chi connectivity index (χ3n) is 2.90. The van der Waals surface area contributed by atoms with E-state index in [4.69, 9.17) is 9.47 Å². The van der Waals surface area contributed by atoms with Crippen LogP contribution in [0.25, 0.3) is 0 Å². The van der Waals surface area contributed by atoms with Crippen molar-refractivity contribution in [2.75, 3.05) is 31.8 Å². The molecule has 0 saturated carbocycles. The van der Waals surface area contributed by atoms with Gasteiger partial charge in [0.25, 0.3) is 0 Å². The summed E-state index contributed by atoms with van der Waals surface area (Å²) < 4.78 is 35.7. The van der Waals surface area contributed by atoms with Crippen LogP contribution in [0.2, 0.25) is 0 Å². The Labute approximate surface area is 131 Å². The van der Waals surface area contributed by atoms with E-state index in [0.717, 1.165) is 6.42 Å². The van der Waals surface area contributed by atoms with E-state index in [1.54, 1.807) is 18.2 Å². The molecule has 0 unspecified atom stereocenters. The van der Waals surface area contributed by atoms with E-state index in [9.17, 15) is 13.2 Å². The number of nitrogens with one attached hydrogen (secondary N) is 2. The van der Waals surface area contributed by atoms with Gasteiger partial charge in [-0.3, -0.25) is 4.79 Å². The van der Waals surface area contributed by atoms with Gasteiger partial charge in [-0.1, -0.05) is 13.3 Å². The summed E-state index contributed by atoms with van der Waals surface area (Å²) in [4.78, 5) is 11.8. The molecule has 0 aliphatic heterocycles. The van der Waals surface area contributed by atoms with Gasteiger partial charge >= 0.3 is 0 Å². The minimum atomic E-state index is -3.42. The van der Waals surface area contributed by atoms with Gasteiger partial charge in [0.05, 0.1) is 32.2 Å². The first-order chi connectivity index (χ1) is 10.4. The van der Waals surface area contributed by atoms with Crippen LogP contribution in [0.5, 0.6) is 11.5 Å². The highest BCUT2D eigenvalue weighted by atomic mass is 32.2. The van der Waals surface area contributed by atoms with Crippen molar-refractivity contribution in [1.29, 1.82) is 0 Å². The summed E-state index contributed by atoms with van der Waals surface area (Å²) in [5.41, 5.74) is 0.445. The molecule has 124 valence electrons. The van der Waals surface area contributed by atoms with Crippen LogP contribution in [0.4, 0.5) is 5.69 Å². The Hall–Kier alpha value is -1.80. The molecule has 0 aromatic heterocycles. The van der Waals surface area contributed by atoms with Crippen LogP contribution >= 0.6 is 0 Å². The number of ether oxygens (including phenoxy) is 2. The summed E-state index contributed by atoms with van der Waals surface area (Å²) in [5, 5.41) is 2.60. The van der Waals surface area contributed by atoms with Gasteiger partial charge in [0.15, 0.2) is 0 Å². The van der Waals surface area contributed by atoms with Gasteiger partial charge in [-0.25, -0.2) is 13.1 Å². The van der Waals surface area contributed by atoms with E-state index >= 15 is 0 Å². The summed E-state index contributed by atoms with van der Waals surface area (Å²) in [7, 11) is -0.423. The van der Waals surface area contributed by atoms with Crippen molar-refractivity contribution in [2.24, 2.45) is 0 Å². The fraction of sp³-hybridized carbons (Fsp3) is 0.500. The average Bonchev–Trinajstić information content (AvgIpc) is 2.51. The topological polar surface area (TPSA) is 93.7 Å². The molecule has 1 aromatic rings. The summed E-state index contributed by atoms with van der Waals surface area (Å²) in [6.45, 7) is 1.58. The van der Waals surface area contributed by atoms with E-state index in [-0.39, 0.29) is 12.3 Å². The fourth-order valence-electron chi connectivity index (χ4n) is 1.68. The number of rotatable bonds is 9. The molecule has 0 spiro atoms. The standard InChI is InChI=1S/C14H22N2O5S/c1-4-5-8-22(18,19)15-10-14(17)16-12-7-6-11(20-2)9-13(12)21-3/h6-7,9,15H,4-5,8,10H2,1-3H3,(H,16,17). The first-order valence-corrected chi connectivity index (χ1v) is 8.56. The van der Waals surface area contributed by atoms with Crippen LogP contribution in [-0.4, -0.2) is 40.8 Å². The zero-order valence-electron chi connectivity index (χ0n) is 13.0. The van der Waals surface area contributed by atoms with Crippen molar-refractivity contribution < 1.29 is 22.7 Å². The largest absolute Gasteiger partial charge is 0.497 e. The number of unbranched alkanes of at least 4 members (excludes halogenated alkanes) is 1. The van der Waals surface area contributed by atoms with Crippen LogP contribution in [0.3, 0.4) is 0 Å². The predicted molar refractivity (Wildman–Crippen MR) is 84.9 cm³/mol. The van der Waals surface area contributed by atoms with Gasteiger partial charge in [-0.05, 0) is 18.6 Å². The molecule has 0 aliphatic carbocycles. The molecule has 0 aliphatic rings. The fourth-order valence-corrected chi connectivity index (χ4v) is 2.84. The maximum Gasteiger partial charge on any atom is 0.239 e. The zero-order chi connectivity index (χ0) is 16.6. The smallest absolute Gasteiger partial charge is 0.239 e. The highest BCUT2D eigenvalue weighted by Gasteiger charge is 2.13. The molecule has 22 heavy (non-hydrogen) atoms. The molecule has 8 heteroatoms. The van der Waals surface area contributed by atoms with Gasteiger partial charge in [0.2, 0.25) is 15.9 Å². The Morgan fingerprint density at radius 3 is 2.55 bits per heavy atom. The maximum absolute atomic E-state index is 11.8. The first-order valence-electron chi connectivity index (χ1n) is 6.91. The molecule has 0 radical (unpaired) electrons. The van der Waals surface area contributed by atoms with Crippen LogP contribution in [0.1, 0.15) is 19.8 Å². The molecule has 2 N–H and O–H groups in total. The second-order valence-electron chi connectivity index (χ2n) is 4.61. The lowest BCUT2D eigenvalue weighted by atomic mass is 10.2. The number of sulfonamides is 1. The lowest BCUT2D eigenvalue weighted by Gasteiger charge is -2.12. The highest BCUT2D eigenvalue weighted by Crippen LogP contribution is 2.28. The van der Waals surface area contributed by atoms with Gasteiger partial charge in [-0.2, -0.15) is 0 Å². The molecule has 0 bridgehead atoms. The van der Waals surface area contributed by atoms with Crippen molar-refractivity contribution in [2.45, 2.75) is 19.8 Å². The van der Waals surface area contributed by atoms with Gasteiger partial charge < -0.3 is 14.8 Å². The number of amides is 1. The molecule has 1 rings (SSSR count). The van der Waals surface area contributed by atoms with E-state index in [1.807, 2.05) is 6.92 Å². The molecular weight excluding hydrogens is 308 g/mol. The Balaban J connectivity index is 2.62. The number of carbonyl (C=O) groups is 1. The lowest BCUT2D eigenvalue weighted by Crippen LogP contribution is -2.34. The Kier molecular flexibility index (Phi) is 7.13. The van der Waals surface area contributed by atoms with Crippen molar-refractivity contribution >= 4 is 21.6 Å². The monoisotopic (exact) mass is 330 g/mol. The van der Waals surface area contributed by atoms with Crippen LogP contribution in [-0.2, 0) is 14.8 Å². The molecule has 1 aromatic carbocycles. The molecular formula is C14H22N2O5S. The summed E-state index contributed by atoms with van der Waals surface area (Å²) in [6, 6.07) is 4.92. The van der Waals surface area contributed by atoms with Crippen LogP contribution in [0, 0.1) is 0 Å². The minimum absolute atomic E-state index is 0.0165. The SMILES string of the molecule is CCCCS(=O)(=O)NCC(=O)Nc1ccc(OC)cc1OC. The minimum Gasteiger partial charge on any atom is -0.497 e. The first kappa shape index (κ1) is 18.2. The van der Waals surface area contributed by atoms with Gasteiger partial charge in [0.1, 0.15) is 11.5 Å². The van der Waals surface area contributed by atoms with Gasteiger partial charge in [0, 0.05) is 6.07 Å². The van der Waals surface area contributed by atoms with Crippen molar-refractivity contribution in [1.82, 2.24) is 4.72 Å². The quantitative estimate of drug-likeness (QED) is 0.713. The molecule has 0 atom stereocenters. The molecule has 0 heterocycles. The van der Waals surface area contributed by atoms with Crippen LogP contribution < -0.4 is 19.5 Å². The molecule has 7 nitrogen and oxygen atoms in total. The Bertz CT molecular complexity index is 601. The summed E-state index contributed by atoms with van der Waals surface area (Å²) >= 11 is 0. The average molecular weight is 330 g/mol. The van der Waals surface area contributed by atoms with Crippen molar-refractivity contribution in [3.63, 3.8) is 0 Å². The van der Waals surface area contributed by atoms with E-state index < -0.39 is 15.9 Å². The number of anilines is 1. The number of benzene rings is 1. The predicted octanol–water partition coefficient (Wildman–Crippen LogP) is 1.36. The number of carbonyl (C=O) groups excluding carboxylic acids is 1. The maximum atomic E-state index is 11.8. The van der Waals surface area contributed by atoms with E-state index in [0.29, 0.717) is 23.6 Å². The summed E-state index contributed by atoms with van der Waals surface area (Å²) in [6.07, 6.45) is 1.33. The number of methoxy groups -OCH3 is 2. The molecule has 0 fully saturated rings. The third kappa shape index (κ3) is 5.90. The second-order valence-corrected chi connectivity index (χ2v) is 6.53. The summed E-state index contributed by atoms with van der Waals surface area (Å²) in [5.74, 6) is 0.572.